The van der Waals surface area contributed by atoms with Gasteiger partial charge in [0, 0.05) is 28.2 Å². The molecule has 0 heterocycles. The minimum Gasteiger partial charge on any atom is -0.354 e. The van der Waals surface area contributed by atoms with Crippen molar-refractivity contribution in [3.05, 3.63) is 62.6 Å². The molecule has 0 spiro atoms. The van der Waals surface area contributed by atoms with E-state index < -0.39 is 28.5 Å². The predicted octanol–water partition coefficient (Wildman–Crippen LogP) is 5.30. The first-order valence-corrected chi connectivity index (χ1v) is 14.5. The number of nitrogens with one attached hydrogen (secondary N) is 1. The van der Waals surface area contributed by atoms with Gasteiger partial charge in [0.1, 0.15) is 12.6 Å². The fourth-order valence-corrected chi connectivity index (χ4v) is 5.15. The highest BCUT2D eigenvalue weighted by atomic mass is 35.5. The van der Waals surface area contributed by atoms with E-state index in [-0.39, 0.29) is 18.4 Å². The van der Waals surface area contributed by atoms with Crippen LogP contribution in [0.4, 0.5) is 5.69 Å². The van der Waals surface area contributed by atoms with Gasteiger partial charge in [0.2, 0.25) is 21.8 Å². The summed E-state index contributed by atoms with van der Waals surface area (Å²) < 4.78 is 26.5. The van der Waals surface area contributed by atoms with Gasteiger partial charge in [-0.15, -0.1) is 0 Å². The summed E-state index contributed by atoms with van der Waals surface area (Å²) >= 11 is 18.5. The van der Waals surface area contributed by atoms with E-state index in [4.69, 9.17) is 34.8 Å². The number of anilines is 1. The lowest BCUT2D eigenvalue weighted by molar-refractivity contribution is -0.140. The Labute approximate surface area is 228 Å². The second kappa shape index (κ2) is 13.0. The van der Waals surface area contributed by atoms with Crippen molar-refractivity contribution in [2.75, 3.05) is 23.7 Å². The lowest BCUT2D eigenvalue weighted by atomic mass is 10.1. The number of benzene rings is 2. The molecular weight excluding hydrogens is 545 g/mol. The van der Waals surface area contributed by atoms with Crippen molar-refractivity contribution in [2.24, 2.45) is 5.92 Å². The third kappa shape index (κ3) is 8.26. The van der Waals surface area contributed by atoms with Crippen LogP contribution in [0.3, 0.4) is 0 Å². The number of sulfonamides is 1. The molecule has 0 unspecified atom stereocenters. The highest BCUT2D eigenvalue weighted by molar-refractivity contribution is 7.92. The number of hydrogen-bond donors (Lipinski definition) is 1. The molecule has 2 rings (SSSR count). The number of nitrogens with zero attached hydrogens (tertiary/aromatic N) is 2. The number of halogens is 3. The lowest BCUT2D eigenvalue weighted by Gasteiger charge is -2.33. The van der Waals surface area contributed by atoms with Crippen LogP contribution < -0.4 is 9.62 Å². The highest BCUT2D eigenvalue weighted by Gasteiger charge is 2.32. The molecule has 7 nitrogen and oxygen atoms in total. The molecule has 0 aliphatic carbocycles. The van der Waals surface area contributed by atoms with Gasteiger partial charge in [0.05, 0.1) is 11.9 Å². The molecule has 0 radical (unpaired) electrons. The maximum atomic E-state index is 13.7. The second-order valence-corrected chi connectivity index (χ2v) is 12.2. The number of aryl methyl sites for hydroxylation is 1. The quantitative estimate of drug-likeness (QED) is 0.393. The molecule has 1 atom stereocenters. The summed E-state index contributed by atoms with van der Waals surface area (Å²) in [5.74, 6) is -0.667. The van der Waals surface area contributed by atoms with Gasteiger partial charge in [-0.05, 0) is 54.7 Å². The SMILES string of the molecule is CC[C@@H](C(=O)NCC(C)C)N(Cc1ccc(Cl)cc1Cl)C(=O)CN(c1cc(Cl)ccc1C)S(C)(=O)=O. The van der Waals surface area contributed by atoms with E-state index in [2.05, 4.69) is 5.32 Å². The normalized spacial score (nSPS) is 12.4. The number of hydrogen-bond acceptors (Lipinski definition) is 4. The van der Waals surface area contributed by atoms with Crippen LogP contribution in [-0.4, -0.2) is 50.5 Å². The average Bonchev–Trinajstić information content (AvgIpc) is 2.78. The van der Waals surface area contributed by atoms with Crippen molar-refractivity contribution < 1.29 is 18.0 Å². The van der Waals surface area contributed by atoms with Crippen molar-refractivity contribution in [3.63, 3.8) is 0 Å². The molecule has 36 heavy (non-hydrogen) atoms. The molecule has 1 N–H and O–H groups in total. The summed E-state index contributed by atoms with van der Waals surface area (Å²) in [7, 11) is -3.86. The van der Waals surface area contributed by atoms with Gasteiger partial charge in [-0.25, -0.2) is 8.42 Å². The van der Waals surface area contributed by atoms with Crippen LogP contribution in [0.2, 0.25) is 15.1 Å². The van der Waals surface area contributed by atoms with Crippen LogP contribution in [0, 0.1) is 12.8 Å². The van der Waals surface area contributed by atoms with E-state index in [1.54, 1.807) is 44.2 Å². The Morgan fingerprint density at radius 3 is 2.19 bits per heavy atom. The summed E-state index contributed by atoms with van der Waals surface area (Å²) in [4.78, 5) is 28.2. The number of carbonyl (C=O) groups is 2. The largest absolute Gasteiger partial charge is 0.354 e. The predicted molar refractivity (Wildman–Crippen MR) is 147 cm³/mol. The highest BCUT2D eigenvalue weighted by Crippen LogP contribution is 2.28. The Balaban J connectivity index is 2.50. The van der Waals surface area contributed by atoms with Gasteiger partial charge in [0.25, 0.3) is 0 Å². The molecule has 0 saturated carbocycles. The number of amides is 2. The number of rotatable bonds is 11. The van der Waals surface area contributed by atoms with Crippen molar-refractivity contribution in [1.29, 1.82) is 0 Å². The van der Waals surface area contributed by atoms with Gasteiger partial charge in [-0.1, -0.05) is 67.7 Å². The Kier molecular flexibility index (Phi) is 10.9. The van der Waals surface area contributed by atoms with Crippen LogP contribution in [0.1, 0.15) is 38.3 Å². The third-order valence-electron chi connectivity index (χ3n) is 5.55. The summed E-state index contributed by atoms with van der Waals surface area (Å²) in [5, 5.41) is 3.98. The maximum absolute atomic E-state index is 13.7. The minimum atomic E-state index is -3.86. The molecular formula is C25H32Cl3N3O4S. The molecule has 11 heteroatoms. The van der Waals surface area contributed by atoms with Crippen LogP contribution in [0.25, 0.3) is 0 Å². The van der Waals surface area contributed by atoms with E-state index in [0.29, 0.717) is 44.8 Å². The first-order chi connectivity index (χ1) is 16.7. The lowest BCUT2D eigenvalue weighted by Crippen LogP contribution is -2.52. The molecule has 2 aromatic carbocycles. The zero-order chi connectivity index (χ0) is 27.2. The van der Waals surface area contributed by atoms with Crippen molar-refractivity contribution in [2.45, 2.75) is 46.7 Å². The van der Waals surface area contributed by atoms with E-state index in [9.17, 15) is 18.0 Å². The third-order valence-corrected chi connectivity index (χ3v) is 7.49. The van der Waals surface area contributed by atoms with E-state index in [1.807, 2.05) is 13.8 Å². The van der Waals surface area contributed by atoms with E-state index in [0.717, 1.165) is 10.6 Å². The summed E-state index contributed by atoms with van der Waals surface area (Å²) in [6.45, 7) is 7.38. The first kappa shape index (κ1) is 30.2. The van der Waals surface area contributed by atoms with Crippen molar-refractivity contribution in [1.82, 2.24) is 10.2 Å². The molecule has 198 valence electrons. The van der Waals surface area contributed by atoms with Gasteiger partial charge < -0.3 is 10.2 Å². The molecule has 2 amide bonds. The van der Waals surface area contributed by atoms with Crippen LogP contribution in [0.5, 0.6) is 0 Å². The molecule has 2 aromatic rings. The van der Waals surface area contributed by atoms with Crippen molar-refractivity contribution >= 4 is 62.3 Å². The fourth-order valence-electron chi connectivity index (χ4n) is 3.62. The molecule has 0 aliphatic rings. The van der Waals surface area contributed by atoms with Gasteiger partial charge in [-0.2, -0.15) is 0 Å². The van der Waals surface area contributed by atoms with E-state index in [1.165, 1.54) is 11.0 Å². The number of carbonyl (C=O) groups excluding carboxylic acids is 2. The molecule has 0 aromatic heterocycles. The van der Waals surface area contributed by atoms with Gasteiger partial charge >= 0.3 is 0 Å². The summed E-state index contributed by atoms with van der Waals surface area (Å²) in [6.07, 6.45) is 1.34. The fraction of sp³-hybridized carbons (Fsp3) is 0.440. The topological polar surface area (TPSA) is 86.8 Å². The van der Waals surface area contributed by atoms with Gasteiger partial charge in [0.15, 0.2) is 0 Å². The van der Waals surface area contributed by atoms with Crippen LogP contribution in [-0.2, 0) is 26.2 Å². The Hall–Kier alpha value is -2.00. The maximum Gasteiger partial charge on any atom is 0.244 e. The standard InChI is InChI=1S/C25H32Cl3N3O4S/c1-6-22(25(33)29-13-16(2)3)30(14-18-8-10-19(26)11-21(18)28)24(32)15-31(36(5,34)35)23-12-20(27)9-7-17(23)4/h7-12,16,22H,6,13-15H2,1-5H3,(H,29,33)/t22-/m0/s1. The van der Waals surface area contributed by atoms with E-state index >= 15 is 0 Å². The smallest absolute Gasteiger partial charge is 0.244 e. The average molecular weight is 577 g/mol. The molecule has 0 saturated heterocycles. The van der Waals surface area contributed by atoms with Gasteiger partial charge in [-0.3, -0.25) is 13.9 Å². The molecule has 0 fully saturated rings. The first-order valence-electron chi connectivity index (χ1n) is 11.5. The summed E-state index contributed by atoms with van der Waals surface area (Å²) in [5.41, 5.74) is 1.50. The zero-order valence-electron chi connectivity index (χ0n) is 21.0. The van der Waals surface area contributed by atoms with Crippen molar-refractivity contribution in [3.8, 4) is 0 Å². The molecule has 0 aliphatic heterocycles. The Morgan fingerprint density at radius 1 is 1.03 bits per heavy atom. The molecule has 0 bridgehead atoms. The Morgan fingerprint density at radius 2 is 1.64 bits per heavy atom. The zero-order valence-corrected chi connectivity index (χ0v) is 24.1. The summed E-state index contributed by atoms with van der Waals surface area (Å²) in [6, 6.07) is 8.85. The van der Waals surface area contributed by atoms with Crippen LogP contribution >= 0.6 is 34.8 Å². The monoisotopic (exact) mass is 575 g/mol. The second-order valence-electron chi connectivity index (χ2n) is 9.02. The van der Waals surface area contributed by atoms with Crippen LogP contribution in [0.15, 0.2) is 36.4 Å². The minimum absolute atomic E-state index is 0.00539. The Bertz CT molecular complexity index is 1210.